The Kier molecular flexibility index (Phi) is 4.46. The molecule has 0 radical (unpaired) electrons. The summed E-state index contributed by atoms with van der Waals surface area (Å²) in [5.74, 6) is 0.801. The monoisotopic (exact) mass is 328 g/mol. The molecule has 0 spiro atoms. The molecule has 2 aromatic rings. The highest BCUT2D eigenvalue weighted by atomic mass is 16.7. The summed E-state index contributed by atoms with van der Waals surface area (Å²) in [6.45, 7) is 0.236. The van der Waals surface area contributed by atoms with Crippen molar-refractivity contribution in [3.8, 4) is 11.5 Å². The van der Waals surface area contributed by atoms with Crippen molar-refractivity contribution in [3.63, 3.8) is 0 Å². The Morgan fingerprint density at radius 1 is 1.12 bits per heavy atom. The maximum Gasteiger partial charge on any atom is 0.251 e. The molecule has 4 N–H and O–H groups in total. The SMILES string of the molecule is Nc1cccc(CNC(=O)CNC(=O)c2ccc3c(c2)OCO3)n1. The third kappa shape index (κ3) is 3.72. The van der Waals surface area contributed by atoms with E-state index in [2.05, 4.69) is 15.6 Å². The number of nitrogens with two attached hydrogens (primary N) is 1. The van der Waals surface area contributed by atoms with Gasteiger partial charge in [0.15, 0.2) is 11.5 Å². The van der Waals surface area contributed by atoms with E-state index in [0.717, 1.165) is 0 Å². The summed E-state index contributed by atoms with van der Waals surface area (Å²) >= 11 is 0. The number of rotatable bonds is 5. The van der Waals surface area contributed by atoms with Crippen molar-refractivity contribution in [1.82, 2.24) is 15.6 Å². The number of hydrogen-bond acceptors (Lipinski definition) is 6. The van der Waals surface area contributed by atoms with Gasteiger partial charge in [-0.05, 0) is 30.3 Å². The predicted molar refractivity (Wildman–Crippen MR) is 85.4 cm³/mol. The van der Waals surface area contributed by atoms with Crippen molar-refractivity contribution in [2.24, 2.45) is 0 Å². The lowest BCUT2D eigenvalue weighted by molar-refractivity contribution is -0.120. The first-order chi connectivity index (χ1) is 11.6. The minimum atomic E-state index is -0.370. The van der Waals surface area contributed by atoms with E-state index in [-0.39, 0.29) is 31.7 Å². The number of carbonyl (C=O) groups excluding carboxylic acids is 2. The highest BCUT2D eigenvalue weighted by Crippen LogP contribution is 2.32. The molecular weight excluding hydrogens is 312 g/mol. The Morgan fingerprint density at radius 2 is 1.96 bits per heavy atom. The molecule has 0 aliphatic carbocycles. The van der Waals surface area contributed by atoms with Crippen molar-refractivity contribution >= 4 is 17.6 Å². The van der Waals surface area contributed by atoms with E-state index in [1.54, 1.807) is 36.4 Å². The molecular formula is C16H16N4O4. The van der Waals surface area contributed by atoms with E-state index in [1.165, 1.54) is 0 Å². The number of amides is 2. The summed E-state index contributed by atoms with van der Waals surface area (Å²) in [7, 11) is 0. The smallest absolute Gasteiger partial charge is 0.251 e. The topological polar surface area (TPSA) is 116 Å². The van der Waals surface area contributed by atoms with E-state index >= 15 is 0 Å². The molecule has 0 saturated carbocycles. The zero-order valence-corrected chi connectivity index (χ0v) is 12.7. The number of nitrogens with one attached hydrogen (secondary N) is 2. The summed E-state index contributed by atoms with van der Waals surface area (Å²) in [5, 5.41) is 5.20. The molecule has 8 nitrogen and oxygen atoms in total. The lowest BCUT2D eigenvalue weighted by atomic mass is 10.2. The van der Waals surface area contributed by atoms with Crippen LogP contribution in [0.3, 0.4) is 0 Å². The van der Waals surface area contributed by atoms with Crippen LogP contribution >= 0.6 is 0 Å². The van der Waals surface area contributed by atoms with Gasteiger partial charge < -0.3 is 25.8 Å². The molecule has 8 heteroatoms. The number of fused-ring (bicyclic) bond motifs is 1. The molecule has 0 unspecified atom stereocenters. The first kappa shape index (κ1) is 15.6. The van der Waals surface area contributed by atoms with Gasteiger partial charge in [0, 0.05) is 5.56 Å². The minimum absolute atomic E-state index is 0.140. The Labute approximate surface area is 138 Å². The molecule has 1 aliphatic rings. The molecule has 1 aromatic heterocycles. The number of aromatic nitrogens is 1. The third-order valence-electron chi connectivity index (χ3n) is 3.34. The molecule has 0 bridgehead atoms. The fourth-order valence-corrected chi connectivity index (χ4v) is 2.15. The lowest BCUT2D eigenvalue weighted by Gasteiger charge is -2.07. The fourth-order valence-electron chi connectivity index (χ4n) is 2.15. The number of carbonyl (C=O) groups is 2. The highest BCUT2D eigenvalue weighted by Gasteiger charge is 2.16. The van der Waals surface area contributed by atoms with Crippen LogP contribution < -0.4 is 25.8 Å². The second kappa shape index (κ2) is 6.86. The zero-order valence-electron chi connectivity index (χ0n) is 12.7. The molecule has 2 heterocycles. The number of benzene rings is 1. The van der Waals surface area contributed by atoms with Crippen molar-refractivity contribution in [2.45, 2.75) is 6.54 Å². The second-order valence-corrected chi connectivity index (χ2v) is 5.08. The van der Waals surface area contributed by atoms with Gasteiger partial charge in [0.2, 0.25) is 12.7 Å². The van der Waals surface area contributed by atoms with Crippen LogP contribution in [0.1, 0.15) is 16.1 Å². The van der Waals surface area contributed by atoms with E-state index in [1.807, 2.05) is 0 Å². The van der Waals surface area contributed by atoms with Crippen LogP contribution in [0.25, 0.3) is 0 Å². The van der Waals surface area contributed by atoms with Crippen LogP contribution in [-0.4, -0.2) is 30.1 Å². The van der Waals surface area contributed by atoms with E-state index in [4.69, 9.17) is 15.2 Å². The van der Waals surface area contributed by atoms with Crippen LogP contribution in [0.5, 0.6) is 11.5 Å². The molecule has 1 aromatic carbocycles. The van der Waals surface area contributed by atoms with Crippen LogP contribution in [0.15, 0.2) is 36.4 Å². The number of hydrogen-bond donors (Lipinski definition) is 3. The average molecular weight is 328 g/mol. The molecule has 3 rings (SSSR count). The van der Waals surface area contributed by atoms with Crippen LogP contribution in [0, 0.1) is 0 Å². The van der Waals surface area contributed by atoms with E-state index < -0.39 is 0 Å². The van der Waals surface area contributed by atoms with Gasteiger partial charge in [0.25, 0.3) is 5.91 Å². The molecule has 2 amide bonds. The van der Waals surface area contributed by atoms with Gasteiger partial charge in [-0.25, -0.2) is 4.98 Å². The normalized spacial score (nSPS) is 11.8. The Bertz CT molecular complexity index is 778. The zero-order chi connectivity index (χ0) is 16.9. The molecule has 124 valence electrons. The number of anilines is 1. The molecule has 0 fully saturated rings. The second-order valence-electron chi connectivity index (χ2n) is 5.08. The van der Waals surface area contributed by atoms with Gasteiger partial charge in [-0.3, -0.25) is 9.59 Å². The van der Waals surface area contributed by atoms with Crippen molar-refractivity contribution in [1.29, 1.82) is 0 Å². The molecule has 0 saturated heterocycles. The van der Waals surface area contributed by atoms with Crippen molar-refractivity contribution in [3.05, 3.63) is 47.7 Å². The Morgan fingerprint density at radius 3 is 2.79 bits per heavy atom. The Hall–Kier alpha value is -3.29. The van der Waals surface area contributed by atoms with Crippen molar-refractivity contribution < 1.29 is 19.1 Å². The third-order valence-corrected chi connectivity index (χ3v) is 3.34. The van der Waals surface area contributed by atoms with Crippen LogP contribution in [0.2, 0.25) is 0 Å². The van der Waals surface area contributed by atoms with Gasteiger partial charge in [-0.2, -0.15) is 0 Å². The standard InChI is InChI=1S/C16H16N4O4/c17-14-3-1-2-11(20-14)7-18-15(21)8-19-16(22)10-4-5-12-13(6-10)24-9-23-12/h1-6H,7-9H2,(H2,17,20)(H,18,21)(H,19,22). The summed E-state index contributed by atoms with van der Waals surface area (Å²) in [5.41, 5.74) is 6.60. The van der Waals surface area contributed by atoms with Gasteiger partial charge in [0.1, 0.15) is 5.82 Å². The summed E-state index contributed by atoms with van der Waals surface area (Å²) < 4.78 is 10.4. The first-order valence-corrected chi connectivity index (χ1v) is 7.28. The lowest BCUT2D eigenvalue weighted by Crippen LogP contribution is -2.36. The van der Waals surface area contributed by atoms with Gasteiger partial charge in [-0.1, -0.05) is 6.07 Å². The largest absolute Gasteiger partial charge is 0.454 e. The summed E-state index contributed by atoms with van der Waals surface area (Å²) in [6.07, 6.45) is 0. The number of nitrogens with zero attached hydrogens (tertiary/aromatic N) is 1. The minimum Gasteiger partial charge on any atom is -0.454 e. The van der Waals surface area contributed by atoms with E-state index in [9.17, 15) is 9.59 Å². The van der Waals surface area contributed by atoms with Gasteiger partial charge >= 0.3 is 0 Å². The highest BCUT2D eigenvalue weighted by molar-refractivity contribution is 5.97. The van der Waals surface area contributed by atoms with Crippen LogP contribution in [0.4, 0.5) is 5.82 Å². The average Bonchev–Trinajstić information content (AvgIpc) is 3.05. The van der Waals surface area contributed by atoms with Gasteiger partial charge in [0.05, 0.1) is 18.8 Å². The number of ether oxygens (including phenoxy) is 2. The number of pyridine rings is 1. The maximum atomic E-state index is 12.1. The number of nitrogen functional groups attached to an aromatic ring is 1. The first-order valence-electron chi connectivity index (χ1n) is 7.28. The summed E-state index contributed by atoms with van der Waals surface area (Å²) in [6, 6.07) is 10.0. The quantitative estimate of drug-likeness (QED) is 0.733. The molecule has 0 atom stereocenters. The van der Waals surface area contributed by atoms with E-state index in [0.29, 0.717) is 28.6 Å². The Balaban J connectivity index is 1.48. The summed E-state index contributed by atoms with van der Waals surface area (Å²) in [4.78, 5) is 27.9. The maximum absolute atomic E-state index is 12.1. The van der Waals surface area contributed by atoms with Gasteiger partial charge in [-0.15, -0.1) is 0 Å². The molecule has 1 aliphatic heterocycles. The van der Waals surface area contributed by atoms with Crippen molar-refractivity contribution in [2.75, 3.05) is 19.1 Å². The predicted octanol–water partition coefficient (Wildman–Crippen LogP) is 0.439. The van der Waals surface area contributed by atoms with Crippen LogP contribution in [-0.2, 0) is 11.3 Å². The molecule has 24 heavy (non-hydrogen) atoms. The fraction of sp³-hybridized carbons (Fsp3) is 0.188.